The fourth-order valence-corrected chi connectivity index (χ4v) is 2.82. The number of anilines is 3. The van der Waals surface area contributed by atoms with Crippen LogP contribution < -0.4 is 10.6 Å². The number of hydrogen-bond donors (Lipinski definition) is 4. The van der Waals surface area contributed by atoms with E-state index in [1.807, 2.05) is 12.1 Å². The summed E-state index contributed by atoms with van der Waals surface area (Å²) in [6.45, 7) is 0.0320. The van der Waals surface area contributed by atoms with E-state index in [-0.39, 0.29) is 13.2 Å². The Kier molecular flexibility index (Phi) is 6.56. The maximum Gasteiger partial charge on any atom is 0.469 e. The molecule has 3 rings (SSSR count). The van der Waals surface area contributed by atoms with Gasteiger partial charge in [-0.1, -0.05) is 17.7 Å². The molecule has 0 saturated carbocycles. The van der Waals surface area contributed by atoms with Crippen LogP contribution in [0.15, 0.2) is 54.9 Å². The number of phosphoric acid groups is 1. The number of nitrogens with zero attached hydrogens (tertiary/aromatic N) is 3. The first-order valence-electron chi connectivity index (χ1n) is 8.15. The molecule has 11 heteroatoms. The van der Waals surface area contributed by atoms with Crippen LogP contribution in [0.2, 0.25) is 5.02 Å². The first-order valence-corrected chi connectivity index (χ1v) is 10.1. The fourth-order valence-electron chi connectivity index (χ4n) is 2.31. The molecule has 2 heterocycles. The molecule has 28 heavy (non-hydrogen) atoms. The third-order valence-corrected chi connectivity index (χ3v) is 4.21. The number of rotatable bonds is 8. The van der Waals surface area contributed by atoms with Gasteiger partial charge in [-0.15, -0.1) is 0 Å². The molecule has 0 aliphatic heterocycles. The number of phosphoric ester groups is 1. The van der Waals surface area contributed by atoms with Gasteiger partial charge in [-0.2, -0.15) is 0 Å². The second kappa shape index (κ2) is 9.09. The summed E-state index contributed by atoms with van der Waals surface area (Å²) in [5, 5.41) is 6.64. The molecule has 3 aromatic rings. The van der Waals surface area contributed by atoms with Gasteiger partial charge in [-0.3, -0.25) is 4.52 Å². The van der Waals surface area contributed by atoms with Crippen LogP contribution in [0.4, 0.5) is 17.5 Å². The lowest BCUT2D eigenvalue weighted by Gasteiger charge is -2.09. The minimum Gasteiger partial charge on any atom is -0.368 e. The standard InChI is InChI=1S/C17H17ClN5O4P/c18-13-2-1-3-14(11-13)22-17-21-7-5-15(23-17)12-4-6-19-16(10-12)20-8-9-27-28(24,25)26/h1-7,10-11H,8-9H2,(H,19,20)(H,21,22,23)(H2,24,25,26). The predicted octanol–water partition coefficient (Wildman–Crippen LogP) is 3.46. The molecule has 0 atom stereocenters. The number of hydrogen-bond acceptors (Lipinski definition) is 7. The zero-order chi connectivity index (χ0) is 20.0. The van der Waals surface area contributed by atoms with Crippen molar-refractivity contribution in [1.82, 2.24) is 15.0 Å². The van der Waals surface area contributed by atoms with Crippen molar-refractivity contribution in [3.8, 4) is 11.3 Å². The zero-order valence-corrected chi connectivity index (χ0v) is 16.1. The Labute approximate surface area is 166 Å². The van der Waals surface area contributed by atoms with E-state index in [9.17, 15) is 4.57 Å². The highest BCUT2D eigenvalue weighted by molar-refractivity contribution is 7.46. The van der Waals surface area contributed by atoms with Crippen molar-refractivity contribution in [3.63, 3.8) is 0 Å². The summed E-state index contributed by atoms with van der Waals surface area (Å²) in [7, 11) is -4.47. The number of halogens is 1. The summed E-state index contributed by atoms with van der Waals surface area (Å²) in [6.07, 6.45) is 3.24. The van der Waals surface area contributed by atoms with Crippen LogP contribution in [0, 0.1) is 0 Å². The number of pyridine rings is 1. The van der Waals surface area contributed by atoms with E-state index >= 15 is 0 Å². The molecule has 1 aromatic carbocycles. The van der Waals surface area contributed by atoms with E-state index in [1.54, 1.807) is 42.7 Å². The molecular weight excluding hydrogens is 405 g/mol. The molecule has 0 saturated heterocycles. The van der Waals surface area contributed by atoms with Crippen molar-refractivity contribution in [2.24, 2.45) is 0 Å². The Hall–Kier alpha value is -2.55. The van der Waals surface area contributed by atoms with E-state index in [0.29, 0.717) is 22.5 Å². The topological polar surface area (TPSA) is 129 Å². The molecule has 0 radical (unpaired) electrons. The van der Waals surface area contributed by atoms with Gasteiger partial charge in [0.05, 0.1) is 12.3 Å². The minimum absolute atomic E-state index is 0.155. The van der Waals surface area contributed by atoms with Crippen LogP contribution in [-0.4, -0.2) is 37.9 Å². The first kappa shape index (κ1) is 20.2. The second-order valence-corrected chi connectivity index (χ2v) is 7.26. The van der Waals surface area contributed by atoms with Gasteiger partial charge in [0.1, 0.15) is 5.82 Å². The average Bonchev–Trinajstić information content (AvgIpc) is 2.65. The van der Waals surface area contributed by atoms with Gasteiger partial charge in [-0.25, -0.2) is 19.5 Å². The Morgan fingerprint density at radius 3 is 2.71 bits per heavy atom. The molecule has 4 N–H and O–H groups in total. The van der Waals surface area contributed by atoms with Gasteiger partial charge in [-0.05, 0) is 36.4 Å². The molecular formula is C17H17ClN5O4P. The molecule has 0 aliphatic carbocycles. The third kappa shape index (κ3) is 6.26. The smallest absolute Gasteiger partial charge is 0.368 e. The van der Waals surface area contributed by atoms with E-state index in [4.69, 9.17) is 21.4 Å². The summed E-state index contributed by atoms with van der Waals surface area (Å²) >= 11 is 5.99. The number of benzene rings is 1. The van der Waals surface area contributed by atoms with Crippen molar-refractivity contribution < 1.29 is 18.9 Å². The SMILES string of the molecule is O=P(O)(O)OCCNc1cc(-c2ccnc(Nc3cccc(Cl)c3)n2)ccn1. The average molecular weight is 422 g/mol. The number of aromatic nitrogens is 3. The van der Waals surface area contributed by atoms with Crippen LogP contribution >= 0.6 is 19.4 Å². The van der Waals surface area contributed by atoms with Crippen LogP contribution in [0.1, 0.15) is 0 Å². The van der Waals surface area contributed by atoms with Crippen LogP contribution in [0.25, 0.3) is 11.3 Å². The van der Waals surface area contributed by atoms with Gasteiger partial charge >= 0.3 is 7.82 Å². The second-order valence-electron chi connectivity index (χ2n) is 5.58. The van der Waals surface area contributed by atoms with Gasteiger partial charge in [0.25, 0.3) is 0 Å². The summed E-state index contributed by atoms with van der Waals surface area (Å²) in [5.41, 5.74) is 2.24. The van der Waals surface area contributed by atoms with Gasteiger partial charge < -0.3 is 20.4 Å². The summed E-state index contributed by atoms with van der Waals surface area (Å²) in [6, 6.07) is 12.6. The highest BCUT2D eigenvalue weighted by atomic mass is 35.5. The molecule has 0 aliphatic rings. The molecule has 146 valence electrons. The summed E-state index contributed by atoms with van der Waals surface area (Å²) in [4.78, 5) is 30.2. The quantitative estimate of drug-likeness (QED) is 0.319. The Morgan fingerprint density at radius 2 is 1.93 bits per heavy atom. The molecule has 0 amide bonds. The van der Waals surface area contributed by atoms with Gasteiger partial charge in [0, 0.05) is 35.2 Å². The maximum absolute atomic E-state index is 10.7. The molecule has 0 bridgehead atoms. The molecule has 0 fully saturated rings. The zero-order valence-electron chi connectivity index (χ0n) is 14.5. The van der Waals surface area contributed by atoms with Crippen molar-refractivity contribution in [3.05, 3.63) is 59.9 Å². The molecule has 0 unspecified atom stereocenters. The summed E-state index contributed by atoms with van der Waals surface area (Å²) < 4.78 is 15.0. The van der Waals surface area contributed by atoms with Crippen molar-refractivity contribution in [2.45, 2.75) is 0 Å². The summed E-state index contributed by atoms with van der Waals surface area (Å²) in [5.74, 6) is 0.941. The fraction of sp³-hybridized carbons (Fsp3) is 0.118. The van der Waals surface area contributed by atoms with E-state index in [2.05, 4.69) is 30.1 Å². The minimum atomic E-state index is -4.47. The largest absolute Gasteiger partial charge is 0.469 e. The predicted molar refractivity (Wildman–Crippen MR) is 106 cm³/mol. The van der Waals surface area contributed by atoms with Gasteiger partial charge in [0.15, 0.2) is 0 Å². The highest BCUT2D eigenvalue weighted by Crippen LogP contribution is 2.35. The van der Waals surface area contributed by atoms with Gasteiger partial charge in [0.2, 0.25) is 5.95 Å². The molecule has 2 aromatic heterocycles. The Balaban J connectivity index is 1.69. The maximum atomic E-state index is 10.7. The normalized spacial score (nSPS) is 11.2. The number of nitrogens with one attached hydrogen (secondary N) is 2. The van der Waals surface area contributed by atoms with Crippen LogP contribution in [-0.2, 0) is 9.09 Å². The monoisotopic (exact) mass is 421 g/mol. The third-order valence-electron chi connectivity index (χ3n) is 3.46. The Bertz CT molecular complexity index is 1000. The Morgan fingerprint density at radius 1 is 1.11 bits per heavy atom. The van der Waals surface area contributed by atoms with E-state index in [1.165, 1.54) is 0 Å². The molecule has 0 spiro atoms. The molecule has 9 nitrogen and oxygen atoms in total. The van der Waals surface area contributed by atoms with Crippen LogP contribution in [0.5, 0.6) is 0 Å². The van der Waals surface area contributed by atoms with Crippen LogP contribution in [0.3, 0.4) is 0 Å². The van der Waals surface area contributed by atoms with E-state index < -0.39 is 7.82 Å². The van der Waals surface area contributed by atoms with Crippen molar-refractivity contribution in [1.29, 1.82) is 0 Å². The lowest BCUT2D eigenvalue weighted by atomic mass is 10.2. The highest BCUT2D eigenvalue weighted by Gasteiger charge is 2.12. The first-order chi connectivity index (χ1) is 13.4. The lowest BCUT2D eigenvalue weighted by molar-refractivity contribution is 0.204. The van der Waals surface area contributed by atoms with Crippen molar-refractivity contribution in [2.75, 3.05) is 23.8 Å². The lowest BCUT2D eigenvalue weighted by Crippen LogP contribution is -2.09. The van der Waals surface area contributed by atoms with E-state index in [0.717, 1.165) is 11.3 Å². The van der Waals surface area contributed by atoms with Crippen molar-refractivity contribution >= 4 is 36.9 Å².